The SMILES string of the molecule is COC(C)CCC(=O)Nc1ncccc1N. The molecule has 0 radical (unpaired) electrons. The first-order chi connectivity index (χ1) is 7.63. The second-order valence-electron chi connectivity index (χ2n) is 3.57. The topological polar surface area (TPSA) is 77.2 Å². The zero-order valence-electron chi connectivity index (χ0n) is 9.56. The monoisotopic (exact) mass is 223 g/mol. The summed E-state index contributed by atoms with van der Waals surface area (Å²) in [6, 6.07) is 3.42. The molecule has 5 nitrogen and oxygen atoms in total. The average molecular weight is 223 g/mol. The maximum atomic E-state index is 11.5. The first-order valence-electron chi connectivity index (χ1n) is 5.16. The van der Waals surface area contributed by atoms with Gasteiger partial charge >= 0.3 is 0 Å². The van der Waals surface area contributed by atoms with Crippen LogP contribution in [0.25, 0.3) is 0 Å². The normalized spacial score (nSPS) is 12.1. The van der Waals surface area contributed by atoms with Gasteiger partial charge in [0.1, 0.15) is 0 Å². The third-order valence-electron chi connectivity index (χ3n) is 2.28. The Morgan fingerprint density at radius 2 is 2.44 bits per heavy atom. The highest BCUT2D eigenvalue weighted by atomic mass is 16.5. The van der Waals surface area contributed by atoms with E-state index in [1.54, 1.807) is 25.4 Å². The van der Waals surface area contributed by atoms with Crippen molar-refractivity contribution in [3.63, 3.8) is 0 Å². The number of anilines is 2. The van der Waals surface area contributed by atoms with Crippen LogP contribution in [0.2, 0.25) is 0 Å². The van der Waals surface area contributed by atoms with Crippen molar-refractivity contribution in [2.75, 3.05) is 18.2 Å². The molecular formula is C11H17N3O2. The molecule has 0 saturated heterocycles. The number of hydrogen-bond donors (Lipinski definition) is 2. The van der Waals surface area contributed by atoms with Crippen LogP contribution in [0.3, 0.4) is 0 Å². The Morgan fingerprint density at radius 1 is 1.69 bits per heavy atom. The van der Waals surface area contributed by atoms with Gasteiger partial charge in [0.05, 0.1) is 11.8 Å². The lowest BCUT2D eigenvalue weighted by Gasteiger charge is -2.09. The van der Waals surface area contributed by atoms with Gasteiger partial charge in [0.25, 0.3) is 0 Å². The largest absolute Gasteiger partial charge is 0.396 e. The molecule has 1 atom stereocenters. The number of amides is 1. The molecule has 88 valence electrons. The van der Waals surface area contributed by atoms with E-state index in [-0.39, 0.29) is 12.0 Å². The van der Waals surface area contributed by atoms with Crippen LogP contribution in [0, 0.1) is 0 Å². The molecule has 1 aromatic rings. The van der Waals surface area contributed by atoms with Crippen molar-refractivity contribution in [1.29, 1.82) is 0 Å². The second-order valence-corrected chi connectivity index (χ2v) is 3.57. The van der Waals surface area contributed by atoms with E-state index in [4.69, 9.17) is 10.5 Å². The number of nitrogen functional groups attached to an aromatic ring is 1. The summed E-state index contributed by atoms with van der Waals surface area (Å²) in [7, 11) is 1.62. The molecule has 1 unspecified atom stereocenters. The van der Waals surface area contributed by atoms with Crippen molar-refractivity contribution < 1.29 is 9.53 Å². The molecule has 5 heteroatoms. The predicted octanol–water partition coefficient (Wildman–Crippen LogP) is 1.42. The Balaban J connectivity index is 2.43. The van der Waals surface area contributed by atoms with Crippen molar-refractivity contribution in [3.05, 3.63) is 18.3 Å². The molecule has 0 aliphatic heterocycles. The first kappa shape index (κ1) is 12.4. The van der Waals surface area contributed by atoms with Crippen LogP contribution in [-0.4, -0.2) is 24.1 Å². The summed E-state index contributed by atoms with van der Waals surface area (Å²) in [6.07, 6.45) is 2.73. The summed E-state index contributed by atoms with van der Waals surface area (Å²) in [5.41, 5.74) is 6.12. The van der Waals surface area contributed by atoms with E-state index in [1.807, 2.05) is 6.92 Å². The fourth-order valence-corrected chi connectivity index (χ4v) is 1.17. The number of nitrogens with zero attached hydrogens (tertiary/aromatic N) is 1. The van der Waals surface area contributed by atoms with Crippen LogP contribution < -0.4 is 11.1 Å². The second kappa shape index (κ2) is 6.07. The Bertz CT molecular complexity index is 355. The summed E-state index contributed by atoms with van der Waals surface area (Å²) in [5.74, 6) is 0.312. The van der Waals surface area contributed by atoms with Crippen LogP contribution in [-0.2, 0) is 9.53 Å². The van der Waals surface area contributed by atoms with Gasteiger partial charge in [0.15, 0.2) is 5.82 Å². The molecule has 0 spiro atoms. The number of ether oxygens (including phenoxy) is 1. The zero-order chi connectivity index (χ0) is 12.0. The molecule has 0 fully saturated rings. The number of hydrogen-bond acceptors (Lipinski definition) is 4. The first-order valence-corrected chi connectivity index (χ1v) is 5.16. The van der Waals surface area contributed by atoms with Gasteiger partial charge in [-0.3, -0.25) is 4.79 Å². The quantitative estimate of drug-likeness (QED) is 0.791. The minimum atomic E-state index is -0.102. The maximum Gasteiger partial charge on any atom is 0.225 e. The summed E-state index contributed by atoms with van der Waals surface area (Å²) in [6.45, 7) is 1.92. The molecule has 0 saturated carbocycles. The van der Waals surface area contributed by atoms with Gasteiger partial charge in [-0.2, -0.15) is 0 Å². The van der Waals surface area contributed by atoms with Crippen LogP contribution in [0.4, 0.5) is 11.5 Å². The molecule has 0 aliphatic carbocycles. The van der Waals surface area contributed by atoms with E-state index in [0.29, 0.717) is 24.3 Å². The lowest BCUT2D eigenvalue weighted by atomic mass is 10.2. The van der Waals surface area contributed by atoms with Gasteiger partial charge in [0, 0.05) is 19.7 Å². The number of nitrogens with one attached hydrogen (secondary N) is 1. The molecule has 1 heterocycles. The van der Waals surface area contributed by atoms with Gasteiger partial charge in [-0.05, 0) is 25.5 Å². The smallest absolute Gasteiger partial charge is 0.225 e. The fourth-order valence-electron chi connectivity index (χ4n) is 1.17. The van der Waals surface area contributed by atoms with E-state index in [9.17, 15) is 4.79 Å². The van der Waals surface area contributed by atoms with Crippen LogP contribution in [0.5, 0.6) is 0 Å². The van der Waals surface area contributed by atoms with Gasteiger partial charge in [-0.1, -0.05) is 0 Å². The van der Waals surface area contributed by atoms with E-state index < -0.39 is 0 Å². The summed E-state index contributed by atoms with van der Waals surface area (Å²) < 4.78 is 5.05. The number of carbonyl (C=O) groups excluding carboxylic acids is 1. The number of rotatable bonds is 5. The number of nitrogens with two attached hydrogens (primary N) is 1. The maximum absolute atomic E-state index is 11.5. The van der Waals surface area contributed by atoms with Gasteiger partial charge in [-0.15, -0.1) is 0 Å². The summed E-state index contributed by atoms with van der Waals surface area (Å²) >= 11 is 0. The number of methoxy groups -OCH3 is 1. The number of aromatic nitrogens is 1. The average Bonchev–Trinajstić information content (AvgIpc) is 2.29. The molecule has 0 aliphatic rings. The summed E-state index contributed by atoms with van der Waals surface area (Å²) in [5, 5.41) is 2.66. The molecule has 16 heavy (non-hydrogen) atoms. The van der Waals surface area contributed by atoms with Gasteiger partial charge in [0.2, 0.25) is 5.91 Å². The minimum absolute atomic E-state index is 0.0758. The van der Waals surface area contributed by atoms with Crippen molar-refractivity contribution in [1.82, 2.24) is 4.98 Å². The highest BCUT2D eigenvalue weighted by Gasteiger charge is 2.08. The molecule has 1 amide bonds. The van der Waals surface area contributed by atoms with Crippen molar-refractivity contribution >= 4 is 17.4 Å². The number of pyridine rings is 1. The molecule has 1 aromatic heterocycles. The molecule has 1 rings (SSSR count). The lowest BCUT2D eigenvalue weighted by Crippen LogP contribution is -2.16. The Morgan fingerprint density at radius 3 is 3.06 bits per heavy atom. The standard InChI is InChI=1S/C11H17N3O2/c1-8(16-2)5-6-10(15)14-11-9(12)4-3-7-13-11/h3-4,7-8H,5-6,12H2,1-2H3,(H,13,14,15). The van der Waals surface area contributed by atoms with Crippen LogP contribution in [0.15, 0.2) is 18.3 Å². The molecule has 0 bridgehead atoms. The minimum Gasteiger partial charge on any atom is -0.396 e. The third kappa shape index (κ3) is 3.86. The Hall–Kier alpha value is -1.62. The predicted molar refractivity (Wildman–Crippen MR) is 63.0 cm³/mol. The summed E-state index contributed by atoms with van der Waals surface area (Å²) in [4.78, 5) is 15.5. The zero-order valence-corrected chi connectivity index (χ0v) is 9.56. The van der Waals surface area contributed by atoms with Crippen molar-refractivity contribution in [2.24, 2.45) is 0 Å². The Kier molecular flexibility index (Phi) is 4.72. The van der Waals surface area contributed by atoms with E-state index >= 15 is 0 Å². The highest BCUT2D eigenvalue weighted by molar-refractivity contribution is 5.92. The van der Waals surface area contributed by atoms with Crippen molar-refractivity contribution in [3.8, 4) is 0 Å². The molecule has 0 aromatic carbocycles. The molecular weight excluding hydrogens is 206 g/mol. The Labute approximate surface area is 95.0 Å². The van der Waals surface area contributed by atoms with Gasteiger partial charge in [-0.25, -0.2) is 4.98 Å². The highest BCUT2D eigenvalue weighted by Crippen LogP contribution is 2.13. The molecule has 3 N–H and O–H groups in total. The fraction of sp³-hybridized carbons (Fsp3) is 0.455. The van der Waals surface area contributed by atoms with E-state index in [0.717, 1.165) is 0 Å². The van der Waals surface area contributed by atoms with E-state index in [2.05, 4.69) is 10.3 Å². The number of carbonyl (C=O) groups is 1. The van der Waals surface area contributed by atoms with Crippen LogP contribution in [0.1, 0.15) is 19.8 Å². The lowest BCUT2D eigenvalue weighted by molar-refractivity contribution is -0.116. The van der Waals surface area contributed by atoms with Crippen molar-refractivity contribution in [2.45, 2.75) is 25.9 Å². The van der Waals surface area contributed by atoms with Gasteiger partial charge < -0.3 is 15.8 Å². The van der Waals surface area contributed by atoms with Crippen LogP contribution >= 0.6 is 0 Å². The third-order valence-corrected chi connectivity index (χ3v) is 2.28. The van der Waals surface area contributed by atoms with E-state index in [1.165, 1.54) is 0 Å².